The zero-order valence-corrected chi connectivity index (χ0v) is 12.5. The standard InChI is InChI=1S/C15H19ClFN3/c1-3-6-19-14(15-9-18-10-20(15)2)8-11-7-12(17)4-5-13(11)16/h4-5,7,9-10,14,19H,3,6,8H2,1-2H3. The molecule has 5 heteroatoms. The maximum atomic E-state index is 13.4. The summed E-state index contributed by atoms with van der Waals surface area (Å²) in [5, 5.41) is 4.06. The van der Waals surface area contributed by atoms with Crippen LogP contribution in [0.5, 0.6) is 0 Å². The van der Waals surface area contributed by atoms with Crippen molar-refractivity contribution in [1.82, 2.24) is 14.9 Å². The molecular formula is C15H19ClFN3. The second-order valence-corrected chi connectivity index (χ2v) is 5.28. The molecule has 0 radical (unpaired) electrons. The molecule has 1 aromatic heterocycles. The second kappa shape index (κ2) is 6.86. The number of aromatic nitrogens is 2. The molecule has 1 atom stereocenters. The molecule has 2 aromatic rings. The lowest BCUT2D eigenvalue weighted by atomic mass is 10.0. The van der Waals surface area contributed by atoms with Crippen LogP contribution < -0.4 is 5.32 Å². The van der Waals surface area contributed by atoms with Crippen molar-refractivity contribution < 1.29 is 4.39 Å². The first-order valence-corrected chi connectivity index (χ1v) is 7.13. The average molecular weight is 296 g/mol. The van der Waals surface area contributed by atoms with E-state index in [1.165, 1.54) is 12.1 Å². The van der Waals surface area contributed by atoms with Crippen molar-refractivity contribution in [1.29, 1.82) is 0 Å². The van der Waals surface area contributed by atoms with Crippen molar-refractivity contribution in [3.63, 3.8) is 0 Å². The highest BCUT2D eigenvalue weighted by Crippen LogP contribution is 2.24. The predicted molar refractivity (Wildman–Crippen MR) is 79.4 cm³/mol. The first-order chi connectivity index (χ1) is 9.61. The molecule has 0 amide bonds. The van der Waals surface area contributed by atoms with Crippen molar-refractivity contribution in [2.45, 2.75) is 25.8 Å². The van der Waals surface area contributed by atoms with Gasteiger partial charge in [-0.15, -0.1) is 0 Å². The molecule has 3 nitrogen and oxygen atoms in total. The molecule has 1 N–H and O–H groups in total. The summed E-state index contributed by atoms with van der Waals surface area (Å²) in [4.78, 5) is 4.15. The van der Waals surface area contributed by atoms with Crippen LogP contribution in [0.25, 0.3) is 0 Å². The number of aryl methyl sites for hydroxylation is 1. The van der Waals surface area contributed by atoms with E-state index in [9.17, 15) is 4.39 Å². The molecule has 1 aromatic carbocycles. The second-order valence-electron chi connectivity index (χ2n) is 4.88. The van der Waals surface area contributed by atoms with E-state index in [0.29, 0.717) is 11.4 Å². The van der Waals surface area contributed by atoms with Gasteiger partial charge in [-0.05, 0) is 43.1 Å². The predicted octanol–water partition coefficient (Wildman–Crippen LogP) is 3.50. The lowest BCUT2D eigenvalue weighted by Gasteiger charge is -2.19. The molecule has 0 saturated heterocycles. The van der Waals surface area contributed by atoms with Crippen LogP contribution in [-0.2, 0) is 13.5 Å². The topological polar surface area (TPSA) is 29.9 Å². The Morgan fingerprint density at radius 2 is 2.25 bits per heavy atom. The minimum atomic E-state index is -0.261. The zero-order chi connectivity index (χ0) is 14.5. The molecule has 0 aliphatic carbocycles. The molecule has 1 unspecified atom stereocenters. The van der Waals surface area contributed by atoms with Crippen LogP contribution in [0.2, 0.25) is 5.02 Å². The van der Waals surface area contributed by atoms with Crippen LogP contribution in [0.1, 0.15) is 30.6 Å². The van der Waals surface area contributed by atoms with Crippen LogP contribution in [0.4, 0.5) is 4.39 Å². The van der Waals surface area contributed by atoms with E-state index in [4.69, 9.17) is 11.6 Å². The summed E-state index contributed by atoms with van der Waals surface area (Å²) in [7, 11) is 1.95. The summed E-state index contributed by atoms with van der Waals surface area (Å²) in [5.74, 6) is -0.261. The summed E-state index contributed by atoms with van der Waals surface area (Å²) in [5.41, 5.74) is 1.88. The summed E-state index contributed by atoms with van der Waals surface area (Å²) < 4.78 is 15.3. The third-order valence-electron chi connectivity index (χ3n) is 3.28. The van der Waals surface area contributed by atoms with Crippen LogP contribution >= 0.6 is 11.6 Å². The van der Waals surface area contributed by atoms with Crippen LogP contribution in [0.15, 0.2) is 30.7 Å². The van der Waals surface area contributed by atoms with Gasteiger partial charge in [0.1, 0.15) is 5.82 Å². The fourth-order valence-electron chi connectivity index (χ4n) is 2.22. The first-order valence-electron chi connectivity index (χ1n) is 6.75. The van der Waals surface area contributed by atoms with Crippen molar-refractivity contribution in [3.8, 4) is 0 Å². The van der Waals surface area contributed by atoms with Gasteiger partial charge in [0, 0.05) is 18.3 Å². The fraction of sp³-hybridized carbons (Fsp3) is 0.400. The Morgan fingerprint density at radius 3 is 2.90 bits per heavy atom. The minimum absolute atomic E-state index is 0.0711. The van der Waals surface area contributed by atoms with Gasteiger partial charge in [-0.2, -0.15) is 0 Å². The first kappa shape index (κ1) is 15.0. The van der Waals surface area contributed by atoms with Crippen LogP contribution in [0, 0.1) is 5.82 Å². The normalized spacial score (nSPS) is 12.6. The molecule has 2 rings (SSSR count). The molecular weight excluding hydrogens is 277 g/mol. The Hall–Kier alpha value is -1.39. The molecule has 0 spiro atoms. The molecule has 0 fully saturated rings. The molecule has 1 heterocycles. The summed E-state index contributed by atoms with van der Waals surface area (Å²) in [6, 6.07) is 4.55. The number of halogens is 2. The Kier molecular flexibility index (Phi) is 5.15. The summed E-state index contributed by atoms with van der Waals surface area (Å²) >= 11 is 6.16. The highest BCUT2D eigenvalue weighted by molar-refractivity contribution is 6.31. The van der Waals surface area contributed by atoms with Gasteiger partial charge in [0.05, 0.1) is 18.1 Å². The number of benzene rings is 1. The maximum absolute atomic E-state index is 13.4. The van der Waals surface area contributed by atoms with Crippen molar-refractivity contribution in [3.05, 3.63) is 52.8 Å². The Morgan fingerprint density at radius 1 is 1.45 bits per heavy atom. The van der Waals surface area contributed by atoms with Crippen molar-refractivity contribution >= 4 is 11.6 Å². The highest BCUT2D eigenvalue weighted by atomic mass is 35.5. The maximum Gasteiger partial charge on any atom is 0.123 e. The van der Waals surface area contributed by atoms with Gasteiger partial charge in [-0.1, -0.05) is 18.5 Å². The van der Waals surface area contributed by atoms with E-state index in [1.54, 1.807) is 12.4 Å². The van der Waals surface area contributed by atoms with E-state index >= 15 is 0 Å². The molecule has 0 bridgehead atoms. The van der Waals surface area contributed by atoms with Crippen LogP contribution in [-0.4, -0.2) is 16.1 Å². The van der Waals surface area contributed by atoms with Gasteiger partial charge >= 0.3 is 0 Å². The number of hydrogen-bond donors (Lipinski definition) is 1. The molecule has 108 valence electrons. The summed E-state index contributed by atoms with van der Waals surface area (Å²) in [6.45, 7) is 3.01. The van der Waals surface area contributed by atoms with Gasteiger partial charge in [0.2, 0.25) is 0 Å². The Labute approximate surface area is 123 Å². The van der Waals surface area contributed by atoms with E-state index in [2.05, 4.69) is 17.2 Å². The molecule has 0 aliphatic rings. The number of hydrogen-bond acceptors (Lipinski definition) is 2. The van der Waals surface area contributed by atoms with Crippen molar-refractivity contribution in [2.24, 2.45) is 7.05 Å². The molecule has 20 heavy (non-hydrogen) atoms. The summed E-state index contributed by atoms with van der Waals surface area (Å²) in [6.07, 6.45) is 5.27. The molecule has 0 saturated carbocycles. The smallest absolute Gasteiger partial charge is 0.123 e. The number of nitrogens with one attached hydrogen (secondary N) is 1. The lowest BCUT2D eigenvalue weighted by molar-refractivity contribution is 0.502. The number of imidazole rings is 1. The monoisotopic (exact) mass is 295 g/mol. The average Bonchev–Trinajstić information content (AvgIpc) is 2.84. The van der Waals surface area contributed by atoms with Gasteiger partial charge < -0.3 is 9.88 Å². The van der Waals surface area contributed by atoms with Gasteiger partial charge in [0.25, 0.3) is 0 Å². The van der Waals surface area contributed by atoms with Crippen molar-refractivity contribution in [2.75, 3.05) is 6.54 Å². The van der Waals surface area contributed by atoms with Crippen LogP contribution in [0.3, 0.4) is 0 Å². The third-order valence-corrected chi connectivity index (χ3v) is 3.65. The SMILES string of the molecule is CCCNC(Cc1cc(F)ccc1Cl)c1cncn1C. The zero-order valence-electron chi connectivity index (χ0n) is 11.7. The third kappa shape index (κ3) is 3.58. The Balaban J connectivity index is 2.23. The number of rotatable bonds is 6. The lowest BCUT2D eigenvalue weighted by Crippen LogP contribution is -2.26. The highest BCUT2D eigenvalue weighted by Gasteiger charge is 2.16. The fourth-order valence-corrected chi connectivity index (χ4v) is 2.42. The van der Waals surface area contributed by atoms with Gasteiger partial charge in [-0.3, -0.25) is 0 Å². The largest absolute Gasteiger partial charge is 0.336 e. The van der Waals surface area contributed by atoms with E-state index in [-0.39, 0.29) is 11.9 Å². The van der Waals surface area contributed by atoms with Gasteiger partial charge in [0.15, 0.2) is 0 Å². The number of nitrogens with zero attached hydrogens (tertiary/aromatic N) is 2. The minimum Gasteiger partial charge on any atom is -0.336 e. The Bertz CT molecular complexity index is 568. The quantitative estimate of drug-likeness (QED) is 0.884. The van der Waals surface area contributed by atoms with E-state index in [1.807, 2.05) is 17.8 Å². The molecule has 0 aliphatic heterocycles. The van der Waals surface area contributed by atoms with Gasteiger partial charge in [-0.25, -0.2) is 9.37 Å². The van der Waals surface area contributed by atoms with E-state index in [0.717, 1.165) is 24.2 Å². The van der Waals surface area contributed by atoms with E-state index < -0.39 is 0 Å².